The molecule has 0 bridgehead atoms. The molecule has 0 fully saturated rings. The van der Waals surface area contributed by atoms with Crippen LogP contribution in [0.3, 0.4) is 0 Å². The van der Waals surface area contributed by atoms with Gasteiger partial charge in [-0.2, -0.15) is 0 Å². The first-order valence-electron chi connectivity index (χ1n) is 6.94. The molecule has 0 aliphatic rings. The monoisotopic (exact) mass is 289 g/mol. The van der Waals surface area contributed by atoms with Crippen molar-refractivity contribution in [3.63, 3.8) is 0 Å². The first kappa shape index (κ1) is 15.0. The summed E-state index contributed by atoms with van der Waals surface area (Å²) in [6, 6.07) is 7.35. The van der Waals surface area contributed by atoms with Gasteiger partial charge in [0, 0.05) is 0 Å². The summed E-state index contributed by atoms with van der Waals surface area (Å²) in [5, 5.41) is 17.0. The predicted molar refractivity (Wildman–Crippen MR) is 78.0 cm³/mol. The van der Waals surface area contributed by atoms with Gasteiger partial charge in [0.05, 0.1) is 18.0 Å². The smallest absolute Gasteiger partial charge is 0.358 e. The van der Waals surface area contributed by atoms with E-state index in [4.69, 9.17) is 4.74 Å². The van der Waals surface area contributed by atoms with Gasteiger partial charge in [-0.25, -0.2) is 9.48 Å². The summed E-state index contributed by atoms with van der Waals surface area (Å²) >= 11 is 0. The number of benzene rings is 1. The van der Waals surface area contributed by atoms with Crippen molar-refractivity contribution in [2.24, 2.45) is 5.92 Å². The lowest BCUT2D eigenvalue weighted by atomic mass is 10.1. The Labute approximate surface area is 123 Å². The van der Waals surface area contributed by atoms with Crippen molar-refractivity contribution in [1.82, 2.24) is 15.0 Å². The number of hydrogen-bond donors (Lipinski definition) is 1. The van der Waals surface area contributed by atoms with E-state index in [9.17, 15) is 9.90 Å². The number of nitrogens with zero attached hydrogens (tertiary/aromatic N) is 3. The second-order valence-electron chi connectivity index (χ2n) is 5.13. The number of hydrogen-bond acceptors (Lipinski definition) is 4. The third kappa shape index (κ3) is 3.39. The fraction of sp³-hybridized carbons (Fsp3) is 0.400. The minimum Gasteiger partial charge on any atom is -0.494 e. The average molecular weight is 289 g/mol. The van der Waals surface area contributed by atoms with E-state index < -0.39 is 5.97 Å². The molecule has 0 unspecified atom stereocenters. The van der Waals surface area contributed by atoms with E-state index in [1.54, 1.807) is 4.68 Å². The molecule has 112 valence electrons. The highest BCUT2D eigenvalue weighted by molar-refractivity contribution is 5.86. The van der Waals surface area contributed by atoms with Crippen LogP contribution < -0.4 is 4.74 Å². The van der Waals surface area contributed by atoms with Crippen molar-refractivity contribution in [3.8, 4) is 11.4 Å². The largest absolute Gasteiger partial charge is 0.494 e. The number of aromatic carboxylic acids is 1. The van der Waals surface area contributed by atoms with Crippen LogP contribution in [-0.4, -0.2) is 32.7 Å². The van der Waals surface area contributed by atoms with E-state index in [0.717, 1.165) is 11.4 Å². The van der Waals surface area contributed by atoms with Gasteiger partial charge in [-0.15, -0.1) is 5.10 Å². The first-order chi connectivity index (χ1) is 10.0. The van der Waals surface area contributed by atoms with Gasteiger partial charge in [0.1, 0.15) is 5.75 Å². The molecule has 2 rings (SSSR count). The predicted octanol–water partition coefficient (Wildman–Crippen LogP) is 2.56. The molecule has 0 atom stereocenters. The van der Waals surface area contributed by atoms with E-state index >= 15 is 0 Å². The number of carbonyl (C=O) groups is 1. The average Bonchev–Trinajstić information content (AvgIpc) is 2.83. The van der Waals surface area contributed by atoms with Gasteiger partial charge >= 0.3 is 5.97 Å². The van der Waals surface area contributed by atoms with Crippen LogP contribution in [0.1, 0.15) is 37.0 Å². The number of rotatable bonds is 6. The number of carboxylic acid groups (broad SMARTS) is 1. The maximum atomic E-state index is 11.3. The van der Waals surface area contributed by atoms with Crippen LogP contribution in [0.25, 0.3) is 5.69 Å². The fourth-order valence-corrected chi connectivity index (χ4v) is 2.10. The molecule has 0 saturated carbocycles. The van der Waals surface area contributed by atoms with Crippen LogP contribution in [0.15, 0.2) is 24.3 Å². The number of ether oxygens (including phenoxy) is 1. The van der Waals surface area contributed by atoms with Gasteiger partial charge in [0.2, 0.25) is 0 Å². The summed E-state index contributed by atoms with van der Waals surface area (Å²) < 4.78 is 6.98. The van der Waals surface area contributed by atoms with Gasteiger partial charge < -0.3 is 9.84 Å². The van der Waals surface area contributed by atoms with Gasteiger partial charge in [-0.1, -0.05) is 19.1 Å². The van der Waals surface area contributed by atoms with Crippen molar-refractivity contribution in [1.29, 1.82) is 0 Å². The molecule has 0 radical (unpaired) electrons. The van der Waals surface area contributed by atoms with Crippen LogP contribution in [0.2, 0.25) is 0 Å². The zero-order valence-electron chi connectivity index (χ0n) is 12.4. The zero-order chi connectivity index (χ0) is 15.4. The fourth-order valence-electron chi connectivity index (χ4n) is 2.10. The minimum atomic E-state index is -1.05. The number of aromatic nitrogens is 3. The first-order valence-corrected chi connectivity index (χ1v) is 6.94. The molecule has 0 spiro atoms. The molecule has 1 aromatic carbocycles. The Hall–Kier alpha value is -2.37. The molecule has 6 heteroatoms. The summed E-state index contributed by atoms with van der Waals surface area (Å²) in [5.74, 6) is 0.0242. The Balaban J connectivity index is 2.40. The summed E-state index contributed by atoms with van der Waals surface area (Å²) in [6.07, 6.45) is 0.599. The lowest BCUT2D eigenvalue weighted by molar-refractivity contribution is 0.0689. The highest BCUT2D eigenvalue weighted by Crippen LogP contribution is 2.19. The van der Waals surface area contributed by atoms with Crippen LogP contribution in [0.4, 0.5) is 0 Å². The Morgan fingerprint density at radius 3 is 2.52 bits per heavy atom. The van der Waals surface area contributed by atoms with Crippen molar-refractivity contribution >= 4 is 5.97 Å². The maximum Gasteiger partial charge on any atom is 0.358 e. The normalized spacial score (nSPS) is 10.9. The molecule has 1 heterocycles. The summed E-state index contributed by atoms with van der Waals surface area (Å²) in [5.41, 5.74) is 1.40. The van der Waals surface area contributed by atoms with E-state index in [0.29, 0.717) is 24.6 Å². The van der Waals surface area contributed by atoms with E-state index in [1.165, 1.54) is 0 Å². The molecule has 1 N–H and O–H groups in total. The zero-order valence-corrected chi connectivity index (χ0v) is 12.4. The number of carboxylic acids is 1. The standard InChI is InChI=1S/C15H19N3O3/c1-4-21-12-7-5-11(6-8-12)18-13(9-10(2)3)14(15(19)20)16-17-18/h5-8,10H,4,9H2,1-3H3,(H,19,20). The second-order valence-corrected chi connectivity index (χ2v) is 5.13. The van der Waals surface area contributed by atoms with Crippen LogP contribution >= 0.6 is 0 Å². The quantitative estimate of drug-likeness (QED) is 0.884. The molecular formula is C15H19N3O3. The van der Waals surface area contributed by atoms with Crippen molar-refractivity contribution in [2.75, 3.05) is 6.61 Å². The molecule has 21 heavy (non-hydrogen) atoms. The van der Waals surface area contributed by atoms with Gasteiger partial charge in [0.15, 0.2) is 5.69 Å². The van der Waals surface area contributed by atoms with Gasteiger partial charge in [-0.05, 0) is 43.5 Å². The summed E-state index contributed by atoms with van der Waals surface area (Å²) in [7, 11) is 0. The van der Waals surface area contributed by atoms with E-state index in [2.05, 4.69) is 10.3 Å². The van der Waals surface area contributed by atoms with E-state index in [-0.39, 0.29) is 5.69 Å². The van der Waals surface area contributed by atoms with E-state index in [1.807, 2.05) is 45.0 Å². The third-order valence-electron chi connectivity index (χ3n) is 2.96. The Kier molecular flexibility index (Phi) is 4.57. The molecule has 0 aliphatic carbocycles. The summed E-state index contributed by atoms with van der Waals surface area (Å²) in [4.78, 5) is 11.3. The SMILES string of the molecule is CCOc1ccc(-n2nnc(C(=O)O)c2CC(C)C)cc1. The Morgan fingerprint density at radius 2 is 2.00 bits per heavy atom. The molecule has 0 aliphatic heterocycles. The van der Waals surface area contributed by atoms with Crippen molar-refractivity contribution in [3.05, 3.63) is 35.7 Å². The molecule has 2 aromatic rings. The van der Waals surface area contributed by atoms with Gasteiger partial charge in [0.25, 0.3) is 0 Å². The highest BCUT2D eigenvalue weighted by Gasteiger charge is 2.20. The molecular weight excluding hydrogens is 270 g/mol. The van der Waals surface area contributed by atoms with Gasteiger partial charge in [-0.3, -0.25) is 0 Å². The molecule has 0 saturated heterocycles. The molecule has 6 nitrogen and oxygen atoms in total. The van der Waals surface area contributed by atoms with Crippen LogP contribution in [0.5, 0.6) is 5.75 Å². The second kappa shape index (κ2) is 6.39. The highest BCUT2D eigenvalue weighted by atomic mass is 16.5. The Morgan fingerprint density at radius 1 is 1.33 bits per heavy atom. The summed E-state index contributed by atoms with van der Waals surface area (Å²) in [6.45, 7) is 6.58. The lowest BCUT2D eigenvalue weighted by Crippen LogP contribution is -2.09. The Bertz CT molecular complexity index is 618. The minimum absolute atomic E-state index is 0.0117. The molecule has 0 amide bonds. The topological polar surface area (TPSA) is 77.2 Å². The molecule has 1 aromatic heterocycles. The third-order valence-corrected chi connectivity index (χ3v) is 2.96. The van der Waals surface area contributed by atoms with Crippen LogP contribution in [0, 0.1) is 5.92 Å². The maximum absolute atomic E-state index is 11.3. The van der Waals surface area contributed by atoms with Crippen molar-refractivity contribution < 1.29 is 14.6 Å². The van der Waals surface area contributed by atoms with Crippen LogP contribution in [-0.2, 0) is 6.42 Å². The van der Waals surface area contributed by atoms with Crippen molar-refractivity contribution in [2.45, 2.75) is 27.2 Å². The lowest BCUT2D eigenvalue weighted by Gasteiger charge is -2.10.